The van der Waals surface area contributed by atoms with Crippen molar-refractivity contribution in [3.05, 3.63) is 65.5 Å². The van der Waals surface area contributed by atoms with Crippen LogP contribution >= 0.6 is 0 Å². The fourth-order valence-corrected chi connectivity index (χ4v) is 4.03. The summed E-state index contributed by atoms with van der Waals surface area (Å²) in [5.41, 5.74) is 1.37. The summed E-state index contributed by atoms with van der Waals surface area (Å²) in [6, 6.07) is 10.2. The van der Waals surface area contributed by atoms with Gasteiger partial charge in [-0.3, -0.25) is 29.1 Å². The molecular weight excluding hydrogens is 396 g/mol. The first-order valence-corrected chi connectivity index (χ1v) is 10.5. The fourth-order valence-electron chi connectivity index (χ4n) is 4.03. The third-order valence-electron chi connectivity index (χ3n) is 5.76. The summed E-state index contributed by atoms with van der Waals surface area (Å²) < 4.78 is 0. The molecule has 4 rings (SSSR count). The number of nitrogens with one attached hydrogen (secondary N) is 1. The zero-order valence-electron chi connectivity index (χ0n) is 17.1. The molecular formula is C23H24N4O4. The SMILES string of the molecule is O=C(NC1CCN(C(=O)CCCN2C(=O)c3ccccc3C2=O)CC1)c1cccnc1. The second-order valence-corrected chi connectivity index (χ2v) is 7.78. The molecule has 0 aliphatic carbocycles. The van der Waals surface area contributed by atoms with Gasteiger partial charge in [0.25, 0.3) is 17.7 Å². The minimum Gasteiger partial charge on any atom is -0.349 e. The first kappa shape index (κ1) is 20.7. The van der Waals surface area contributed by atoms with Crippen molar-refractivity contribution in [2.24, 2.45) is 0 Å². The summed E-state index contributed by atoms with van der Waals surface area (Å²) in [5.74, 6) is -0.732. The predicted octanol–water partition coefficient (Wildman–Crippen LogP) is 1.88. The number of nitrogens with zero attached hydrogens (tertiary/aromatic N) is 3. The molecule has 8 nitrogen and oxygen atoms in total. The number of pyridine rings is 1. The summed E-state index contributed by atoms with van der Waals surface area (Å²) in [6.45, 7) is 1.38. The molecule has 1 aromatic heterocycles. The lowest BCUT2D eigenvalue weighted by molar-refractivity contribution is -0.132. The van der Waals surface area contributed by atoms with Crippen molar-refractivity contribution in [3.8, 4) is 0 Å². The Hall–Kier alpha value is -3.55. The monoisotopic (exact) mass is 420 g/mol. The largest absolute Gasteiger partial charge is 0.349 e. The van der Waals surface area contributed by atoms with Gasteiger partial charge in [0, 0.05) is 44.5 Å². The van der Waals surface area contributed by atoms with Crippen molar-refractivity contribution < 1.29 is 19.2 Å². The Morgan fingerprint density at radius 2 is 1.68 bits per heavy atom. The van der Waals surface area contributed by atoms with E-state index in [1.54, 1.807) is 47.5 Å². The van der Waals surface area contributed by atoms with E-state index in [1.807, 2.05) is 0 Å². The molecule has 1 aromatic carbocycles. The van der Waals surface area contributed by atoms with Crippen molar-refractivity contribution in [2.75, 3.05) is 19.6 Å². The van der Waals surface area contributed by atoms with Gasteiger partial charge >= 0.3 is 0 Å². The van der Waals surface area contributed by atoms with E-state index in [-0.39, 0.29) is 42.6 Å². The highest BCUT2D eigenvalue weighted by Gasteiger charge is 2.34. The van der Waals surface area contributed by atoms with Crippen LogP contribution in [0.15, 0.2) is 48.8 Å². The minimum atomic E-state index is -0.293. The molecule has 1 fully saturated rings. The quantitative estimate of drug-likeness (QED) is 0.720. The smallest absolute Gasteiger partial charge is 0.261 e. The Morgan fingerprint density at radius 1 is 1.00 bits per heavy atom. The topological polar surface area (TPSA) is 99.7 Å². The van der Waals surface area contributed by atoms with Crippen LogP contribution in [0.25, 0.3) is 0 Å². The number of carbonyl (C=O) groups excluding carboxylic acids is 4. The van der Waals surface area contributed by atoms with Gasteiger partial charge in [0.05, 0.1) is 16.7 Å². The van der Waals surface area contributed by atoms with Crippen molar-refractivity contribution in [1.29, 1.82) is 0 Å². The van der Waals surface area contributed by atoms with E-state index in [9.17, 15) is 19.2 Å². The van der Waals surface area contributed by atoms with Gasteiger partial charge in [0.15, 0.2) is 0 Å². The van der Waals surface area contributed by atoms with Crippen LogP contribution in [0.1, 0.15) is 56.8 Å². The van der Waals surface area contributed by atoms with Crippen LogP contribution in [0.3, 0.4) is 0 Å². The number of benzene rings is 1. The van der Waals surface area contributed by atoms with Gasteiger partial charge in [-0.2, -0.15) is 0 Å². The van der Waals surface area contributed by atoms with Crippen LogP contribution in [0.4, 0.5) is 0 Å². The van der Waals surface area contributed by atoms with Gasteiger partial charge in [-0.05, 0) is 43.5 Å². The zero-order valence-corrected chi connectivity index (χ0v) is 17.1. The molecule has 8 heteroatoms. The van der Waals surface area contributed by atoms with Crippen LogP contribution in [-0.4, -0.2) is 64.1 Å². The predicted molar refractivity (Wildman–Crippen MR) is 112 cm³/mol. The molecule has 2 aliphatic rings. The summed E-state index contributed by atoms with van der Waals surface area (Å²) >= 11 is 0. The van der Waals surface area contributed by atoms with Crippen molar-refractivity contribution in [1.82, 2.24) is 20.1 Å². The summed E-state index contributed by atoms with van der Waals surface area (Å²) in [5, 5.41) is 2.99. The van der Waals surface area contributed by atoms with Gasteiger partial charge in [0.1, 0.15) is 0 Å². The van der Waals surface area contributed by atoms with Crippen LogP contribution in [0, 0.1) is 0 Å². The Morgan fingerprint density at radius 3 is 2.29 bits per heavy atom. The Balaban J connectivity index is 1.20. The molecule has 0 spiro atoms. The van der Waals surface area contributed by atoms with Crippen molar-refractivity contribution >= 4 is 23.6 Å². The highest BCUT2D eigenvalue weighted by atomic mass is 16.2. The molecule has 0 atom stereocenters. The van der Waals surface area contributed by atoms with E-state index in [1.165, 1.54) is 11.1 Å². The maximum atomic E-state index is 12.5. The number of aromatic nitrogens is 1. The molecule has 4 amide bonds. The van der Waals surface area contributed by atoms with E-state index >= 15 is 0 Å². The first-order valence-electron chi connectivity index (χ1n) is 10.5. The Labute approximate surface area is 180 Å². The number of hydrogen-bond acceptors (Lipinski definition) is 5. The van der Waals surface area contributed by atoms with Gasteiger partial charge in [-0.25, -0.2) is 0 Å². The fraction of sp³-hybridized carbons (Fsp3) is 0.348. The van der Waals surface area contributed by atoms with Crippen LogP contribution < -0.4 is 5.32 Å². The van der Waals surface area contributed by atoms with Crippen molar-refractivity contribution in [2.45, 2.75) is 31.7 Å². The maximum absolute atomic E-state index is 12.5. The molecule has 2 aromatic rings. The normalized spacial score (nSPS) is 16.4. The number of carbonyl (C=O) groups is 4. The second-order valence-electron chi connectivity index (χ2n) is 7.78. The molecule has 0 radical (unpaired) electrons. The lowest BCUT2D eigenvalue weighted by Gasteiger charge is -2.32. The molecule has 0 unspecified atom stereocenters. The molecule has 3 heterocycles. The van der Waals surface area contributed by atoms with Crippen LogP contribution in [0.5, 0.6) is 0 Å². The summed E-state index contributed by atoms with van der Waals surface area (Å²) in [4.78, 5) is 56.5. The summed E-state index contributed by atoms with van der Waals surface area (Å²) in [7, 11) is 0. The molecule has 1 saturated heterocycles. The standard InChI is InChI=1S/C23H24N4O4/c28-20(8-4-12-27-22(30)18-6-1-2-7-19(18)23(27)31)26-13-9-17(10-14-26)25-21(29)16-5-3-11-24-15-16/h1-3,5-7,11,15,17H,4,8-10,12-14H2,(H,25,29). The minimum absolute atomic E-state index is 0.00800. The van der Waals surface area contributed by atoms with E-state index in [0.29, 0.717) is 49.0 Å². The third-order valence-corrected chi connectivity index (χ3v) is 5.76. The number of hydrogen-bond donors (Lipinski definition) is 1. The number of amides is 4. The first-order chi connectivity index (χ1) is 15.0. The number of likely N-dealkylation sites (tertiary alicyclic amines) is 1. The third kappa shape index (κ3) is 4.47. The molecule has 1 N–H and O–H groups in total. The van der Waals surface area contributed by atoms with E-state index in [2.05, 4.69) is 10.3 Å². The number of fused-ring (bicyclic) bond motifs is 1. The Kier molecular flexibility index (Phi) is 6.06. The van der Waals surface area contributed by atoms with Crippen LogP contribution in [-0.2, 0) is 4.79 Å². The lowest BCUT2D eigenvalue weighted by Crippen LogP contribution is -2.46. The Bertz CT molecular complexity index is 965. The van der Waals surface area contributed by atoms with Gasteiger partial charge in [0.2, 0.25) is 5.91 Å². The molecule has 2 aliphatic heterocycles. The number of rotatable bonds is 6. The van der Waals surface area contributed by atoms with Crippen molar-refractivity contribution in [3.63, 3.8) is 0 Å². The van der Waals surface area contributed by atoms with E-state index in [4.69, 9.17) is 0 Å². The highest BCUT2D eigenvalue weighted by Crippen LogP contribution is 2.23. The number of imide groups is 1. The van der Waals surface area contributed by atoms with Gasteiger partial charge in [-0.1, -0.05) is 12.1 Å². The molecule has 0 saturated carbocycles. The number of piperidine rings is 1. The average Bonchev–Trinajstić information content (AvgIpc) is 3.05. The maximum Gasteiger partial charge on any atom is 0.261 e. The van der Waals surface area contributed by atoms with Crippen LogP contribution in [0.2, 0.25) is 0 Å². The van der Waals surface area contributed by atoms with E-state index in [0.717, 1.165) is 0 Å². The zero-order chi connectivity index (χ0) is 21.8. The second kappa shape index (κ2) is 9.07. The van der Waals surface area contributed by atoms with Gasteiger partial charge < -0.3 is 10.2 Å². The van der Waals surface area contributed by atoms with E-state index < -0.39 is 0 Å². The average molecular weight is 420 g/mol. The summed E-state index contributed by atoms with van der Waals surface area (Å²) in [6.07, 6.45) is 5.24. The highest BCUT2D eigenvalue weighted by molar-refractivity contribution is 6.21. The molecule has 31 heavy (non-hydrogen) atoms. The van der Waals surface area contributed by atoms with Gasteiger partial charge in [-0.15, -0.1) is 0 Å². The molecule has 160 valence electrons. The molecule has 0 bridgehead atoms. The lowest BCUT2D eigenvalue weighted by atomic mass is 10.0.